The molecular weight excluding hydrogens is 216 g/mol. The summed E-state index contributed by atoms with van der Waals surface area (Å²) in [4.78, 5) is 11.5. The number of hydrogen-bond acceptors (Lipinski definition) is 4. The normalized spacial score (nSPS) is 31.1. The van der Waals surface area contributed by atoms with Crippen LogP contribution in [0, 0.1) is 0 Å². The number of nitrogens with one attached hydrogen (secondary N) is 1. The Morgan fingerprint density at radius 1 is 1.60 bits per heavy atom. The van der Waals surface area contributed by atoms with Crippen molar-refractivity contribution >= 4 is 15.7 Å². The van der Waals surface area contributed by atoms with Crippen LogP contribution in [0.4, 0.5) is 0 Å². The number of nitrogens with two attached hydrogens (primary N) is 1. The van der Waals surface area contributed by atoms with Gasteiger partial charge in [-0.3, -0.25) is 4.79 Å². The van der Waals surface area contributed by atoms with E-state index in [4.69, 9.17) is 5.73 Å². The summed E-state index contributed by atoms with van der Waals surface area (Å²) >= 11 is 0. The van der Waals surface area contributed by atoms with E-state index in [1.807, 2.05) is 6.92 Å². The van der Waals surface area contributed by atoms with Crippen molar-refractivity contribution in [2.24, 2.45) is 5.73 Å². The van der Waals surface area contributed by atoms with Crippen LogP contribution in [0.3, 0.4) is 0 Å². The van der Waals surface area contributed by atoms with E-state index in [1.165, 1.54) is 0 Å². The molecule has 15 heavy (non-hydrogen) atoms. The Kier molecular flexibility index (Phi) is 3.40. The largest absolute Gasteiger partial charge is 0.349 e. The first kappa shape index (κ1) is 12.4. The van der Waals surface area contributed by atoms with Gasteiger partial charge in [0.15, 0.2) is 9.84 Å². The summed E-state index contributed by atoms with van der Waals surface area (Å²) < 4.78 is 22.6. The van der Waals surface area contributed by atoms with Crippen LogP contribution in [0.1, 0.15) is 26.7 Å². The van der Waals surface area contributed by atoms with Crippen molar-refractivity contribution in [3.8, 4) is 0 Å². The van der Waals surface area contributed by atoms with E-state index in [1.54, 1.807) is 6.92 Å². The van der Waals surface area contributed by atoms with Gasteiger partial charge in [-0.15, -0.1) is 0 Å². The van der Waals surface area contributed by atoms with Crippen LogP contribution in [-0.2, 0) is 14.6 Å². The minimum absolute atomic E-state index is 0.0160. The second-order valence-corrected chi connectivity index (χ2v) is 6.59. The molecule has 2 atom stereocenters. The highest BCUT2D eigenvalue weighted by molar-refractivity contribution is 7.91. The molecule has 0 aliphatic carbocycles. The molecule has 3 N–H and O–H groups in total. The molecule has 0 saturated carbocycles. The van der Waals surface area contributed by atoms with Crippen LogP contribution < -0.4 is 11.1 Å². The number of carbonyl (C=O) groups excluding carboxylic acids is 1. The van der Waals surface area contributed by atoms with Crippen LogP contribution in [0.5, 0.6) is 0 Å². The highest BCUT2D eigenvalue weighted by Crippen LogP contribution is 2.22. The van der Waals surface area contributed by atoms with Gasteiger partial charge >= 0.3 is 0 Å². The molecule has 1 saturated heterocycles. The van der Waals surface area contributed by atoms with E-state index in [9.17, 15) is 13.2 Å². The Hall–Kier alpha value is -0.620. The predicted molar refractivity (Wildman–Crippen MR) is 58.1 cm³/mol. The minimum Gasteiger partial charge on any atom is -0.349 e. The lowest BCUT2D eigenvalue weighted by atomic mass is 10.0. The van der Waals surface area contributed by atoms with Crippen LogP contribution in [0.15, 0.2) is 0 Å². The maximum Gasteiger partial charge on any atom is 0.237 e. The zero-order valence-electron chi connectivity index (χ0n) is 9.12. The van der Waals surface area contributed by atoms with E-state index in [0.29, 0.717) is 12.8 Å². The molecular formula is C9H18N2O3S. The van der Waals surface area contributed by atoms with Gasteiger partial charge in [-0.05, 0) is 19.8 Å². The molecule has 0 radical (unpaired) electrons. The van der Waals surface area contributed by atoms with Gasteiger partial charge < -0.3 is 11.1 Å². The van der Waals surface area contributed by atoms with Gasteiger partial charge in [0.05, 0.1) is 23.1 Å². The van der Waals surface area contributed by atoms with Crippen molar-refractivity contribution in [2.75, 3.05) is 11.5 Å². The molecule has 0 aromatic carbocycles. The van der Waals surface area contributed by atoms with Gasteiger partial charge in [0.1, 0.15) is 0 Å². The van der Waals surface area contributed by atoms with Crippen molar-refractivity contribution < 1.29 is 13.2 Å². The number of carbonyl (C=O) groups is 1. The van der Waals surface area contributed by atoms with Crippen molar-refractivity contribution in [2.45, 2.75) is 38.3 Å². The van der Waals surface area contributed by atoms with E-state index < -0.39 is 21.4 Å². The minimum atomic E-state index is -2.99. The molecule has 1 heterocycles. The second-order valence-electron chi connectivity index (χ2n) is 4.41. The van der Waals surface area contributed by atoms with Gasteiger partial charge in [0, 0.05) is 0 Å². The molecule has 0 spiro atoms. The molecule has 2 unspecified atom stereocenters. The third-order valence-electron chi connectivity index (χ3n) is 2.70. The molecule has 1 amide bonds. The van der Waals surface area contributed by atoms with Crippen LogP contribution in [0.2, 0.25) is 0 Å². The molecule has 0 aromatic heterocycles. The molecule has 5 nitrogen and oxygen atoms in total. The van der Waals surface area contributed by atoms with Crippen molar-refractivity contribution in [1.82, 2.24) is 5.32 Å². The molecule has 1 aliphatic rings. The first-order chi connectivity index (χ1) is 6.78. The average molecular weight is 234 g/mol. The van der Waals surface area contributed by atoms with Crippen molar-refractivity contribution in [3.05, 3.63) is 0 Å². The number of hydrogen-bond donors (Lipinski definition) is 2. The van der Waals surface area contributed by atoms with Gasteiger partial charge in [-0.1, -0.05) is 6.92 Å². The van der Waals surface area contributed by atoms with Gasteiger partial charge in [0.2, 0.25) is 5.91 Å². The van der Waals surface area contributed by atoms with Crippen LogP contribution in [0.25, 0.3) is 0 Å². The maximum atomic E-state index is 11.5. The number of amides is 1. The molecule has 1 rings (SSSR count). The molecule has 0 aromatic rings. The fraction of sp³-hybridized carbons (Fsp3) is 0.889. The summed E-state index contributed by atoms with van der Waals surface area (Å²) in [6.45, 7) is 3.57. The van der Waals surface area contributed by atoms with Gasteiger partial charge in [-0.2, -0.15) is 0 Å². The highest BCUT2D eigenvalue weighted by Gasteiger charge is 2.39. The first-order valence-electron chi connectivity index (χ1n) is 5.06. The third-order valence-corrected chi connectivity index (χ3v) is 4.61. The quantitative estimate of drug-likeness (QED) is 0.683. The maximum absolute atomic E-state index is 11.5. The summed E-state index contributed by atoms with van der Waals surface area (Å²) in [5.41, 5.74) is 4.92. The van der Waals surface area contributed by atoms with E-state index in [-0.39, 0.29) is 17.4 Å². The second kappa shape index (κ2) is 4.09. The molecule has 1 aliphatic heterocycles. The van der Waals surface area contributed by atoms with Crippen molar-refractivity contribution in [1.29, 1.82) is 0 Å². The Morgan fingerprint density at radius 2 is 2.20 bits per heavy atom. The van der Waals surface area contributed by atoms with Gasteiger partial charge in [0.25, 0.3) is 0 Å². The lowest BCUT2D eigenvalue weighted by molar-refractivity contribution is -0.123. The lowest BCUT2D eigenvalue weighted by Gasteiger charge is -2.25. The Labute approximate surface area is 90.3 Å². The summed E-state index contributed by atoms with van der Waals surface area (Å²) in [6.07, 6.45) is 1.02. The van der Waals surface area contributed by atoms with E-state index in [2.05, 4.69) is 5.32 Å². The fourth-order valence-electron chi connectivity index (χ4n) is 1.68. The molecule has 6 heteroatoms. The summed E-state index contributed by atoms with van der Waals surface area (Å²) in [7, 11) is -2.99. The Morgan fingerprint density at radius 3 is 2.60 bits per heavy atom. The predicted octanol–water partition coefficient (Wildman–Crippen LogP) is -0.583. The number of rotatable bonds is 3. The fourth-order valence-corrected chi connectivity index (χ4v) is 3.78. The Balaban J connectivity index is 2.63. The smallest absolute Gasteiger partial charge is 0.237 e. The summed E-state index contributed by atoms with van der Waals surface area (Å²) in [5.74, 6) is -0.107. The summed E-state index contributed by atoms with van der Waals surface area (Å²) in [6, 6.07) is -0.551. The number of sulfone groups is 1. The molecule has 88 valence electrons. The monoisotopic (exact) mass is 234 g/mol. The standard InChI is InChI=1S/C9H18N2O3S/c1-3-7(10)8(12)11-9(2)4-5-15(13,14)6-9/h7H,3-6,10H2,1-2H3,(H,11,12). The Bertz CT molecular complexity index is 352. The average Bonchev–Trinajstić information content (AvgIpc) is 2.39. The van der Waals surface area contributed by atoms with Gasteiger partial charge in [-0.25, -0.2) is 8.42 Å². The lowest BCUT2D eigenvalue weighted by Crippen LogP contribution is -2.52. The highest BCUT2D eigenvalue weighted by atomic mass is 32.2. The topological polar surface area (TPSA) is 89.3 Å². The molecule has 1 fully saturated rings. The van der Waals surface area contributed by atoms with E-state index >= 15 is 0 Å². The van der Waals surface area contributed by atoms with Crippen LogP contribution in [-0.4, -0.2) is 37.4 Å². The van der Waals surface area contributed by atoms with Crippen LogP contribution >= 0.6 is 0 Å². The zero-order valence-corrected chi connectivity index (χ0v) is 9.93. The molecule has 0 bridgehead atoms. The SMILES string of the molecule is CCC(N)C(=O)NC1(C)CCS(=O)(=O)C1. The summed E-state index contributed by atoms with van der Waals surface area (Å²) in [5, 5.41) is 2.72. The first-order valence-corrected chi connectivity index (χ1v) is 6.88. The third kappa shape index (κ3) is 3.17. The zero-order chi connectivity index (χ0) is 11.7. The van der Waals surface area contributed by atoms with E-state index in [0.717, 1.165) is 0 Å². The van der Waals surface area contributed by atoms with Crippen molar-refractivity contribution in [3.63, 3.8) is 0 Å².